The molecule has 0 spiro atoms. The molecule has 2 aliphatic rings. The maximum absolute atomic E-state index is 14.1. The number of phenols is 4. The third kappa shape index (κ3) is 3.67. The third-order valence-electron chi connectivity index (χ3n) is 7.47. The molecule has 0 saturated heterocycles. The van der Waals surface area contributed by atoms with E-state index in [-0.39, 0.29) is 76.2 Å². The minimum atomic E-state index is -0.748. The lowest BCUT2D eigenvalue weighted by Gasteiger charge is -2.30. The largest absolute Gasteiger partial charge is 0.507 e. The summed E-state index contributed by atoms with van der Waals surface area (Å²) in [6.07, 6.45) is 4.58. The van der Waals surface area contributed by atoms with Crippen LogP contribution in [0.25, 0.3) is 22.3 Å². The zero-order valence-electron chi connectivity index (χ0n) is 21.9. The SMILES string of the molecule is CC(C)=CCc1c(O)c(CC=C(C)C)c2oc3c(c(=O)c2c1O)C[C@@H]1c2c(c(O)cc(O)c2-3)OC1(C)C. The lowest BCUT2D eigenvalue weighted by atomic mass is 9.74. The van der Waals surface area contributed by atoms with Crippen molar-refractivity contribution in [2.45, 2.75) is 72.3 Å². The van der Waals surface area contributed by atoms with E-state index in [1.807, 2.05) is 53.7 Å². The highest BCUT2D eigenvalue weighted by molar-refractivity contribution is 5.94. The average molecular weight is 505 g/mol. The van der Waals surface area contributed by atoms with Gasteiger partial charge in [0.15, 0.2) is 16.9 Å². The number of allylic oxidation sites excluding steroid dienone is 4. The molecule has 2 aromatic carbocycles. The fourth-order valence-corrected chi connectivity index (χ4v) is 5.50. The van der Waals surface area contributed by atoms with E-state index in [0.29, 0.717) is 22.3 Å². The predicted molar refractivity (Wildman–Crippen MR) is 142 cm³/mol. The molecule has 37 heavy (non-hydrogen) atoms. The highest BCUT2D eigenvalue weighted by atomic mass is 16.5. The highest BCUT2D eigenvalue weighted by Gasteiger charge is 2.49. The van der Waals surface area contributed by atoms with E-state index in [1.165, 1.54) is 6.07 Å². The van der Waals surface area contributed by atoms with E-state index in [4.69, 9.17) is 9.15 Å². The number of rotatable bonds is 4. The molecule has 2 heterocycles. The first kappa shape index (κ1) is 24.8. The summed E-state index contributed by atoms with van der Waals surface area (Å²) < 4.78 is 12.4. The second-order valence-corrected chi connectivity index (χ2v) is 11.1. The molecular formula is C30H32O7. The van der Waals surface area contributed by atoms with Crippen LogP contribution in [-0.4, -0.2) is 26.0 Å². The van der Waals surface area contributed by atoms with Gasteiger partial charge in [-0.15, -0.1) is 0 Å². The van der Waals surface area contributed by atoms with Crippen molar-refractivity contribution in [2.24, 2.45) is 0 Å². The van der Waals surface area contributed by atoms with Crippen molar-refractivity contribution in [1.29, 1.82) is 0 Å². The summed E-state index contributed by atoms with van der Waals surface area (Å²) in [6.45, 7) is 11.5. The Hall–Kier alpha value is -3.87. The summed E-state index contributed by atoms with van der Waals surface area (Å²) in [5.74, 6) is -0.723. The Morgan fingerprint density at radius 3 is 2.22 bits per heavy atom. The molecule has 0 unspecified atom stereocenters. The Bertz CT molecular complexity index is 1590. The van der Waals surface area contributed by atoms with Gasteiger partial charge in [-0.25, -0.2) is 0 Å². The van der Waals surface area contributed by atoms with Crippen molar-refractivity contribution in [2.75, 3.05) is 0 Å². The molecule has 1 aliphatic carbocycles. The molecular weight excluding hydrogens is 472 g/mol. The van der Waals surface area contributed by atoms with Crippen LogP contribution >= 0.6 is 0 Å². The summed E-state index contributed by atoms with van der Waals surface area (Å²) in [5, 5.41) is 44.0. The van der Waals surface area contributed by atoms with Gasteiger partial charge in [-0.2, -0.15) is 0 Å². The van der Waals surface area contributed by atoms with Gasteiger partial charge in [-0.05, 0) is 60.8 Å². The van der Waals surface area contributed by atoms with Gasteiger partial charge in [-0.3, -0.25) is 4.79 Å². The van der Waals surface area contributed by atoms with Crippen LogP contribution in [0.2, 0.25) is 0 Å². The first-order valence-electron chi connectivity index (χ1n) is 12.4. The van der Waals surface area contributed by atoms with E-state index in [2.05, 4.69) is 0 Å². The molecule has 0 radical (unpaired) electrons. The Balaban J connectivity index is 1.90. The number of phenolic OH excluding ortho intramolecular Hbond substituents is 4. The van der Waals surface area contributed by atoms with Gasteiger partial charge >= 0.3 is 0 Å². The number of benzene rings is 2. The Morgan fingerprint density at radius 2 is 1.59 bits per heavy atom. The van der Waals surface area contributed by atoms with Gasteiger partial charge in [-0.1, -0.05) is 23.3 Å². The Kier molecular flexibility index (Phi) is 5.59. The molecule has 1 aliphatic heterocycles. The minimum Gasteiger partial charge on any atom is -0.507 e. The van der Waals surface area contributed by atoms with Crippen molar-refractivity contribution >= 4 is 11.0 Å². The van der Waals surface area contributed by atoms with E-state index in [1.54, 1.807) is 0 Å². The average Bonchev–Trinajstić information content (AvgIpc) is 3.07. The third-order valence-corrected chi connectivity index (χ3v) is 7.47. The number of hydrogen-bond acceptors (Lipinski definition) is 7. The summed E-state index contributed by atoms with van der Waals surface area (Å²) in [4.78, 5) is 14.1. The molecule has 1 aromatic heterocycles. The van der Waals surface area contributed by atoms with Gasteiger partial charge in [0.05, 0.1) is 5.56 Å². The van der Waals surface area contributed by atoms with E-state index in [9.17, 15) is 25.2 Å². The van der Waals surface area contributed by atoms with Gasteiger partial charge in [0.2, 0.25) is 0 Å². The lowest BCUT2D eigenvalue weighted by molar-refractivity contribution is 0.106. The molecule has 7 heteroatoms. The van der Waals surface area contributed by atoms with Crippen LogP contribution < -0.4 is 10.2 Å². The summed E-state index contributed by atoms with van der Waals surface area (Å²) >= 11 is 0. The topological polar surface area (TPSA) is 120 Å². The normalized spacial score (nSPS) is 16.6. The minimum absolute atomic E-state index is 0.0181. The van der Waals surface area contributed by atoms with Gasteiger partial charge in [0, 0.05) is 34.2 Å². The first-order valence-corrected chi connectivity index (χ1v) is 12.4. The molecule has 4 N–H and O–H groups in total. The second-order valence-electron chi connectivity index (χ2n) is 11.1. The van der Waals surface area contributed by atoms with E-state index >= 15 is 0 Å². The van der Waals surface area contributed by atoms with Gasteiger partial charge in [0.1, 0.15) is 39.6 Å². The van der Waals surface area contributed by atoms with E-state index in [0.717, 1.165) is 11.1 Å². The predicted octanol–water partition coefficient (Wildman–Crippen LogP) is 6.11. The van der Waals surface area contributed by atoms with Crippen LogP contribution in [0.15, 0.2) is 38.6 Å². The molecule has 0 fully saturated rings. The fourth-order valence-electron chi connectivity index (χ4n) is 5.50. The maximum atomic E-state index is 14.1. The quantitative estimate of drug-likeness (QED) is 0.316. The summed E-state index contributed by atoms with van der Waals surface area (Å²) in [6, 6.07) is 1.19. The molecule has 5 rings (SSSR count). The molecule has 1 atom stereocenters. The van der Waals surface area contributed by atoms with Crippen molar-refractivity contribution in [1.82, 2.24) is 0 Å². The number of ether oxygens (including phenoxy) is 1. The van der Waals surface area contributed by atoms with Crippen molar-refractivity contribution < 1.29 is 29.6 Å². The standard InChI is InChI=1S/C30H32O7/c1-13(2)7-9-15-24(33)16(10-8-14(3)4)27-23(25(15)34)26(35)17-11-18-21-22(28(17)36-27)19(31)12-20(32)29(21)37-30(18,5)6/h7-8,12,18,31-34H,9-11H2,1-6H3/t18-/m1/s1. The molecule has 7 nitrogen and oxygen atoms in total. The molecule has 194 valence electrons. The first-order chi connectivity index (χ1) is 17.3. The monoisotopic (exact) mass is 504 g/mol. The zero-order chi connectivity index (χ0) is 27.0. The van der Waals surface area contributed by atoms with E-state index < -0.39 is 11.0 Å². The van der Waals surface area contributed by atoms with Crippen molar-refractivity contribution in [3.8, 4) is 40.1 Å². The van der Waals surface area contributed by atoms with Crippen LogP contribution in [0.3, 0.4) is 0 Å². The van der Waals surface area contributed by atoms with Crippen molar-refractivity contribution in [3.63, 3.8) is 0 Å². The highest BCUT2D eigenvalue weighted by Crippen LogP contribution is 2.59. The molecule has 0 amide bonds. The van der Waals surface area contributed by atoms with Crippen LogP contribution in [0.4, 0.5) is 0 Å². The van der Waals surface area contributed by atoms with Crippen LogP contribution in [-0.2, 0) is 19.3 Å². The zero-order valence-corrected chi connectivity index (χ0v) is 21.9. The maximum Gasteiger partial charge on any atom is 0.200 e. The second kappa shape index (κ2) is 8.33. The molecule has 3 aromatic rings. The lowest BCUT2D eigenvalue weighted by Crippen LogP contribution is -2.34. The fraction of sp³-hybridized carbons (Fsp3) is 0.367. The Labute approximate surface area is 215 Å². The van der Waals surface area contributed by atoms with Crippen LogP contribution in [0.5, 0.6) is 28.7 Å². The Morgan fingerprint density at radius 1 is 0.973 bits per heavy atom. The van der Waals surface area contributed by atoms with Gasteiger partial charge in [0.25, 0.3) is 0 Å². The van der Waals surface area contributed by atoms with Crippen molar-refractivity contribution in [3.05, 3.63) is 61.8 Å². The molecule has 0 saturated carbocycles. The van der Waals surface area contributed by atoms with Gasteiger partial charge < -0.3 is 29.6 Å². The summed E-state index contributed by atoms with van der Waals surface area (Å²) in [5.41, 5.74) is 2.82. The number of aromatic hydroxyl groups is 4. The summed E-state index contributed by atoms with van der Waals surface area (Å²) in [7, 11) is 0. The smallest absolute Gasteiger partial charge is 0.200 e. The molecule has 0 bridgehead atoms. The van der Waals surface area contributed by atoms with Crippen LogP contribution in [0.1, 0.15) is 69.7 Å². The van der Waals surface area contributed by atoms with Crippen LogP contribution in [0, 0.1) is 0 Å². The number of hydrogen-bond donors (Lipinski definition) is 4. The number of fused-ring (bicyclic) bond motifs is 3.